The molecule has 0 bridgehead atoms. The minimum absolute atomic E-state index is 0.734. The van der Waals surface area contributed by atoms with Crippen molar-refractivity contribution >= 4 is 84.8 Å². The molecule has 210 valence electrons. The summed E-state index contributed by atoms with van der Waals surface area (Å²) in [5.41, 5.74) is 5.32. The molecular weight excluding hydrogens is 587 g/mol. The Kier molecular flexibility index (Phi) is 5.32. The molecule has 4 aromatic heterocycles. The van der Waals surface area contributed by atoms with Crippen molar-refractivity contribution in [2.24, 2.45) is 0 Å². The van der Waals surface area contributed by atoms with Crippen molar-refractivity contribution in [2.45, 2.75) is 0 Å². The van der Waals surface area contributed by atoms with Gasteiger partial charge in [-0.2, -0.15) is 0 Å². The van der Waals surface area contributed by atoms with Crippen LogP contribution in [0.1, 0.15) is 0 Å². The third kappa shape index (κ3) is 3.69. The number of para-hydroxylation sites is 1. The average Bonchev–Trinajstić information content (AvgIpc) is 3.78. The fourth-order valence-corrected chi connectivity index (χ4v) is 9.30. The van der Waals surface area contributed by atoms with E-state index in [1.807, 2.05) is 28.7 Å². The summed E-state index contributed by atoms with van der Waals surface area (Å²) in [6.07, 6.45) is 0. The third-order valence-corrected chi connectivity index (χ3v) is 11.3. The van der Waals surface area contributed by atoms with E-state index >= 15 is 0 Å². The van der Waals surface area contributed by atoms with Crippen LogP contribution in [0.5, 0.6) is 0 Å². The molecule has 0 atom stereocenters. The summed E-state index contributed by atoms with van der Waals surface area (Å²) in [6, 6.07) is 49.7. The molecular formula is C40H23N3S2. The smallest absolute Gasteiger partial charge is 0.163 e. The highest BCUT2D eigenvalue weighted by atomic mass is 32.1. The van der Waals surface area contributed by atoms with Crippen LogP contribution in [-0.4, -0.2) is 14.5 Å². The van der Waals surface area contributed by atoms with E-state index in [0.29, 0.717) is 0 Å². The van der Waals surface area contributed by atoms with E-state index in [2.05, 4.69) is 138 Å². The summed E-state index contributed by atoms with van der Waals surface area (Å²) in [7, 11) is 0. The summed E-state index contributed by atoms with van der Waals surface area (Å²) in [4.78, 5) is 10.6. The third-order valence-electron chi connectivity index (χ3n) is 8.84. The Hall–Kier alpha value is -5.36. The Morgan fingerprint density at radius 2 is 1.11 bits per heavy atom. The van der Waals surface area contributed by atoms with Crippen LogP contribution in [0, 0.1) is 0 Å². The van der Waals surface area contributed by atoms with E-state index in [4.69, 9.17) is 9.97 Å². The van der Waals surface area contributed by atoms with Crippen LogP contribution in [0.25, 0.3) is 90.6 Å². The molecule has 45 heavy (non-hydrogen) atoms. The fourth-order valence-electron chi connectivity index (χ4n) is 6.83. The van der Waals surface area contributed by atoms with Crippen molar-refractivity contribution in [3.8, 4) is 28.5 Å². The number of benzene rings is 6. The van der Waals surface area contributed by atoms with E-state index in [-0.39, 0.29) is 0 Å². The Balaban J connectivity index is 1.31. The van der Waals surface area contributed by atoms with Crippen LogP contribution in [-0.2, 0) is 0 Å². The predicted molar refractivity (Wildman–Crippen MR) is 193 cm³/mol. The second kappa shape index (κ2) is 9.57. The van der Waals surface area contributed by atoms with Crippen molar-refractivity contribution in [1.29, 1.82) is 0 Å². The summed E-state index contributed by atoms with van der Waals surface area (Å²) >= 11 is 3.68. The van der Waals surface area contributed by atoms with E-state index in [9.17, 15) is 0 Å². The topological polar surface area (TPSA) is 30.7 Å². The minimum atomic E-state index is 0.734. The summed E-state index contributed by atoms with van der Waals surface area (Å²) in [5.74, 6) is 1.60. The van der Waals surface area contributed by atoms with E-state index in [1.165, 1.54) is 51.1 Å². The molecule has 0 N–H and O–H groups in total. The van der Waals surface area contributed by atoms with Crippen LogP contribution < -0.4 is 0 Å². The molecule has 0 unspecified atom stereocenters. The molecule has 0 radical (unpaired) electrons. The molecule has 0 aliphatic rings. The Morgan fingerprint density at radius 3 is 1.91 bits per heavy atom. The molecule has 4 heterocycles. The zero-order valence-corrected chi connectivity index (χ0v) is 25.6. The summed E-state index contributed by atoms with van der Waals surface area (Å²) in [5, 5.41) is 7.63. The number of rotatable bonds is 3. The fraction of sp³-hybridized carbons (Fsp3) is 0. The molecule has 0 saturated carbocycles. The molecule has 10 rings (SSSR count). The quantitative estimate of drug-likeness (QED) is 0.199. The first-order valence-corrected chi connectivity index (χ1v) is 16.6. The van der Waals surface area contributed by atoms with Gasteiger partial charge in [0.15, 0.2) is 5.82 Å². The van der Waals surface area contributed by atoms with Crippen molar-refractivity contribution < 1.29 is 0 Å². The SMILES string of the molecule is c1ccc(-c2cc(-n3c4ccccc4c4c5sc6ccccc6c5ccc43)nc(-c3cccc4c3sc3ccccc34)n2)cc1. The van der Waals surface area contributed by atoms with Crippen molar-refractivity contribution in [2.75, 3.05) is 0 Å². The largest absolute Gasteiger partial charge is 0.294 e. The molecule has 0 fully saturated rings. The molecule has 10 aromatic rings. The van der Waals surface area contributed by atoms with Gasteiger partial charge in [-0.3, -0.25) is 4.57 Å². The zero-order valence-electron chi connectivity index (χ0n) is 23.9. The first-order valence-electron chi connectivity index (χ1n) is 15.0. The van der Waals surface area contributed by atoms with Gasteiger partial charge in [-0.05, 0) is 30.3 Å². The number of aromatic nitrogens is 3. The highest BCUT2D eigenvalue weighted by Gasteiger charge is 2.20. The normalized spacial score (nSPS) is 12.0. The van der Waals surface area contributed by atoms with Crippen LogP contribution in [0.4, 0.5) is 0 Å². The van der Waals surface area contributed by atoms with Crippen LogP contribution >= 0.6 is 22.7 Å². The van der Waals surface area contributed by atoms with Gasteiger partial charge in [0.05, 0.1) is 16.7 Å². The zero-order chi connectivity index (χ0) is 29.5. The minimum Gasteiger partial charge on any atom is -0.294 e. The standard InChI is InChI=1S/C40H23N3S2/c1-2-11-24(12-3-1)31-23-36(42-40(41-31)30-17-10-16-27-25-13-5-8-19-34(25)44-38(27)30)43-32-18-7-4-15-29(32)37-33(43)22-21-28-26-14-6-9-20-35(26)45-39(28)37/h1-23H. The maximum atomic E-state index is 5.38. The van der Waals surface area contributed by atoms with Gasteiger partial charge in [0.2, 0.25) is 0 Å². The van der Waals surface area contributed by atoms with Crippen molar-refractivity contribution in [1.82, 2.24) is 14.5 Å². The van der Waals surface area contributed by atoms with Crippen molar-refractivity contribution in [3.63, 3.8) is 0 Å². The lowest BCUT2D eigenvalue weighted by Gasteiger charge is -2.12. The van der Waals surface area contributed by atoms with Crippen LogP contribution in [0.3, 0.4) is 0 Å². The van der Waals surface area contributed by atoms with Gasteiger partial charge in [-0.25, -0.2) is 9.97 Å². The lowest BCUT2D eigenvalue weighted by atomic mass is 10.1. The highest BCUT2D eigenvalue weighted by Crippen LogP contribution is 2.44. The lowest BCUT2D eigenvalue weighted by molar-refractivity contribution is 1.05. The molecule has 5 heteroatoms. The number of hydrogen-bond donors (Lipinski definition) is 0. The van der Waals surface area contributed by atoms with Gasteiger partial charge in [0.1, 0.15) is 5.82 Å². The Labute approximate surface area is 266 Å². The van der Waals surface area contributed by atoms with Gasteiger partial charge < -0.3 is 0 Å². The monoisotopic (exact) mass is 609 g/mol. The predicted octanol–water partition coefficient (Wildman–Crippen LogP) is 11.6. The van der Waals surface area contributed by atoms with Crippen molar-refractivity contribution in [3.05, 3.63) is 140 Å². The molecule has 6 aromatic carbocycles. The van der Waals surface area contributed by atoms with E-state index in [1.54, 1.807) is 0 Å². The lowest BCUT2D eigenvalue weighted by Crippen LogP contribution is -2.02. The first kappa shape index (κ1) is 25.0. The number of fused-ring (bicyclic) bond motifs is 10. The number of thiophene rings is 2. The van der Waals surface area contributed by atoms with Gasteiger partial charge in [0.25, 0.3) is 0 Å². The van der Waals surface area contributed by atoms with Gasteiger partial charge in [0, 0.05) is 68.3 Å². The number of hydrogen-bond acceptors (Lipinski definition) is 4. The Morgan fingerprint density at radius 1 is 0.467 bits per heavy atom. The van der Waals surface area contributed by atoms with Gasteiger partial charge in [-0.1, -0.05) is 103 Å². The van der Waals surface area contributed by atoms with E-state index < -0.39 is 0 Å². The van der Waals surface area contributed by atoms with Crippen LogP contribution in [0.2, 0.25) is 0 Å². The van der Waals surface area contributed by atoms with E-state index in [0.717, 1.165) is 39.5 Å². The second-order valence-corrected chi connectivity index (χ2v) is 13.5. The molecule has 0 aliphatic carbocycles. The van der Waals surface area contributed by atoms with Gasteiger partial charge >= 0.3 is 0 Å². The molecule has 0 amide bonds. The Bertz CT molecular complexity index is 2770. The highest BCUT2D eigenvalue weighted by molar-refractivity contribution is 7.27. The molecule has 3 nitrogen and oxygen atoms in total. The molecule has 0 spiro atoms. The van der Waals surface area contributed by atoms with Crippen LogP contribution in [0.15, 0.2) is 140 Å². The maximum Gasteiger partial charge on any atom is 0.163 e. The summed E-state index contributed by atoms with van der Waals surface area (Å²) in [6.45, 7) is 0. The van der Waals surface area contributed by atoms with Gasteiger partial charge in [-0.15, -0.1) is 22.7 Å². The summed E-state index contributed by atoms with van der Waals surface area (Å²) < 4.78 is 7.44. The first-order chi connectivity index (χ1) is 22.3. The maximum absolute atomic E-state index is 5.38. The number of nitrogens with zero attached hydrogens (tertiary/aromatic N) is 3. The average molecular weight is 610 g/mol. The second-order valence-electron chi connectivity index (χ2n) is 11.4. The molecule has 0 aliphatic heterocycles. The molecule has 0 saturated heterocycles.